The molecule has 27 heavy (non-hydrogen) atoms. The van der Waals surface area contributed by atoms with Crippen LogP contribution in [0.3, 0.4) is 0 Å². The lowest BCUT2D eigenvalue weighted by molar-refractivity contribution is -0.152. The molecule has 1 fully saturated rings. The molecule has 1 saturated heterocycles. The van der Waals surface area contributed by atoms with Crippen molar-refractivity contribution in [1.29, 1.82) is 0 Å². The summed E-state index contributed by atoms with van der Waals surface area (Å²) < 4.78 is 5.37. The monoisotopic (exact) mass is 384 g/mol. The van der Waals surface area contributed by atoms with Crippen LogP contribution in [0.15, 0.2) is 54.7 Å². The zero-order valence-electron chi connectivity index (χ0n) is 14.9. The van der Waals surface area contributed by atoms with Crippen molar-refractivity contribution in [3.63, 3.8) is 0 Å². The molecule has 0 radical (unpaired) electrons. The van der Waals surface area contributed by atoms with Gasteiger partial charge in [-0.25, -0.2) is 4.98 Å². The Morgan fingerprint density at radius 1 is 1.15 bits per heavy atom. The summed E-state index contributed by atoms with van der Waals surface area (Å²) in [7, 11) is 0. The van der Waals surface area contributed by atoms with Gasteiger partial charge < -0.3 is 9.64 Å². The van der Waals surface area contributed by atoms with Crippen LogP contribution < -0.4 is 0 Å². The number of rotatable bonds is 5. The van der Waals surface area contributed by atoms with Crippen LogP contribution in [-0.2, 0) is 20.9 Å². The molecule has 0 N–H and O–H groups in total. The summed E-state index contributed by atoms with van der Waals surface area (Å²) in [5.41, 5.74) is 1.78. The highest BCUT2D eigenvalue weighted by Crippen LogP contribution is 2.20. The van der Waals surface area contributed by atoms with Gasteiger partial charge in [-0.3, -0.25) is 9.59 Å². The predicted molar refractivity (Wildman–Crippen MR) is 104 cm³/mol. The number of amides is 1. The molecule has 0 aliphatic carbocycles. The van der Waals surface area contributed by atoms with E-state index in [-0.39, 0.29) is 24.4 Å². The molecule has 1 amide bonds. The van der Waals surface area contributed by atoms with E-state index in [1.807, 2.05) is 36.4 Å². The summed E-state index contributed by atoms with van der Waals surface area (Å²) >= 11 is 5.74. The number of piperidine rings is 1. The van der Waals surface area contributed by atoms with Crippen LogP contribution in [0.25, 0.3) is 6.08 Å². The number of esters is 1. The number of carbonyl (C=O) groups is 2. The molecule has 0 unspecified atom stereocenters. The van der Waals surface area contributed by atoms with Gasteiger partial charge in [0, 0.05) is 30.9 Å². The van der Waals surface area contributed by atoms with Gasteiger partial charge in [0.15, 0.2) is 0 Å². The summed E-state index contributed by atoms with van der Waals surface area (Å²) in [6.45, 7) is 1.29. The quantitative estimate of drug-likeness (QED) is 0.447. The van der Waals surface area contributed by atoms with Gasteiger partial charge >= 0.3 is 5.97 Å². The lowest BCUT2D eigenvalue weighted by Gasteiger charge is -2.30. The number of halogens is 1. The minimum absolute atomic E-state index is 0.0297. The fourth-order valence-electron chi connectivity index (χ4n) is 2.94. The van der Waals surface area contributed by atoms with E-state index in [4.69, 9.17) is 16.3 Å². The van der Waals surface area contributed by atoms with E-state index >= 15 is 0 Å². The summed E-state index contributed by atoms with van der Waals surface area (Å²) in [5, 5.41) is 0.406. The van der Waals surface area contributed by atoms with Crippen LogP contribution in [0, 0.1) is 5.92 Å². The lowest BCUT2D eigenvalue weighted by atomic mass is 9.97. The molecule has 0 saturated carbocycles. The first-order valence-electron chi connectivity index (χ1n) is 8.91. The van der Waals surface area contributed by atoms with Gasteiger partial charge in [-0.15, -0.1) is 0 Å². The minimum Gasteiger partial charge on any atom is -0.461 e. The van der Waals surface area contributed by atoms with Gasteiger partial charge in [0.05, 0.1) is 5.92 Å². The predicted octanol–water partition coefficient (Wildman–Crippen LogP) is 3.73. The van der Waals surface area contributed by atoms with Crippen LogP contribution in [-0.4, -0.2) is 34.8 Å². The van der Waals surface area contributed by atoms with Crippen molar-refractivity contribution in [3.8, 4) is 0 Å². The Morgan fingerprint density at radius 3 is 2.56 bits per heavy atom. The van der Waals surface area contributed by atoms with Crippen molar-refractivity contribution in [3.05, 3.63) is 71.0 Å². The maximum Gasteiger partial charge on any atom is 0.309 e. The average Bonchev–Trinajstić information content (AvgIpc) is 2.72. The maximum atomic E-state index is 12.3. The van der Waals surface area contributed by atoms with E-state index in [9.17, 15) is 9.59 Å². The smallest absolute Gasteiger partial charge is 0.309 e. The van der Waals surface area contributed by atoms with Crippen molar-refractivity contribution < 1.29 is 14.3 Å². The minimum atomic E-state index is -0.225. The van der Waals surface area contributed by atoms with Crippen molar-refractivity contribution in [2.24, 2.45) is 5.92 Å². The van der Waals surface area contributed by atoms with Crippen molar-refractivity contribution in [2.45, 2.75) is 19.4 Å². The first kappa shape index (κ1) is 19.1. The van der Waals surface area contributed by atoms with Crippen molar-refractivity contribution >= 4 is 29.6 Å². The second kappa shape index (κ2) is 9.33. The Morgan fingerprint density at radius 2 is 1.89 bits per heavy atom. The second-order valence-corrected chi connectivity index (χ2v) is 6.83. The zero-order valence-corrected chi connectivity index (χ0v) is 15.6. The Bertz CT molecular complexity index is 798. The molecule has 2 heterocycles. The summed E-state index contributed by atoms with van der Waals surface area (Å²) in [5.74, 6) is -0.429. The van der Waals surface area contributed by atoms with E-state index in [0.717, 1.165) is 11.1 Å². The molecule has 1 aromatic heterocycles. The van der Waals surface area contributed by atoms with Gasteiger partial charge in [0.2, 0.25) is 5.91 Å². The zero-order chi connectivity index (χ0) is 19.1. The Kier molecular flexibility index (Phi) is 6.60. The summed E-state index contributed by atoms with van der Waals surface area (Å²) in [6.07, 6.45) is 6.21. The standard InChI is InChI=1S/C21H21ClN2O3/c22-19-8-6-17(14-23-19)15-27-21(26)18-10-12-24(13-11-18)20(25)9-7-16-4-2-1-3-5-16/h1-9,14,18H,10-13,15H2/b9-7+. The van der Waals surface area contributed by atoms with Crippen molar-refractivity contribution in [1.82, 2.24) is 9.88 Å². The SMILES string of the molecule is O=C(OCc1ccc(Cl)nc1)C1CCN(C(=O)/C=C/c2ccccc2)CC1. The number of benzene rings is 1. The van der Waals surface area contributed by atoms with Gasteiger partial charge in [-0.1, -0.05) is 48.0 Å². The molecule has 0 atom stereocenters. The van der Waals surface area contributed by atoms with Gasteiger partial charge in [-0.05, 0) is 30.5 Å². The third kappa shape index (κ3) is 5.66. The number of hydrogen-bond donors (Lipinski definition) is 0. The van der Waals surface area contributed by atoms with Crippen molar-refractivity contribution in [2.75, 3.05) is 13.1 Å². The number of aromatic nitrogens is 1. The topological polar surface area (TPSA) is 59.5 Å². The van der Waals surface area contributed by atoms with Crippen LogP contribution in [0.1, 0.15) is 24.0 Å². The third-order valence-electron chi connectivity index (χ3n) is 4.53. The highest BCUT2D eigenvalue weighted by atomic mass is 35.5. The van der Waals surface area contributed by atoms with E-state index in [1.54, 1.807) is 29.3 Å². The number of nitrogens with zero attached hydrogens (tertiary/aromatic N) is 2. The Balaban J connectivity index is 1.43. The largest absolute Gasteiger partial charge is 0.461 e. The van der Waals surface area contributed by atoms with Gasteiger partial charge in [-0.2, -0.15) is 0 Å². The highest BCUT2D eigenvalue weighted by molar-refractivity contribution is 6.29. The Labute approximate surface area is 163 Å². The average molecular weight is 385 g/mol. The fourth-order valence-corrected chi connectivity index (χ4v) is 3.05. The number of pyridine rings is 1. The molecular weight excluding hydrogens is 364 g/mol. The summed E-state index contributed by atoms with van der Waals surface area (Å²) in [6, 6.07) is 13.1. The first-order valence-corrected chi connectivity index (χ1v) is 9.29. The van der Waals surface area contributed by atoms with E-state index in [1.165, 1.54) is 0 Å². The maximum absolute atomic E-state index is 12.3. The molecule has 140 valence electrons. The van der Waals surface area contributed by atoms with Gasteiger partial charge in [0.1, 0.15) is 11.8 Å². The number of hydrogen-bond acceptors (Lipinski definition) is 4. The van der Waals surface area contributed by atoms with E-state index in [2.05, 4.69) is 4.98 Å². The number of carbonyl (C=O) groups excluding carboxylic acids is 2. The van der Waals surface area contributed by atoms with Crippen LogP contribution >= 0.6 is 11.6 Å². The van der Waals surface area contributed by atoms with Crippen LogP contribution in [0.4, 0.5) is 0 Å². The molecule has 3 rings (SSSR count). The Hall–Kier alpha value is -2.66. The normalized spacial score (nSPS) is 15.1. The molecule has 1 aliphatic rings. The van der Waals surface area contributed by atoms with Gasteiger partial charge in [0.25, 0.3) is 0 Å². The van der Waals surface area contributed by atoms with E-state index in [0.29, 0.717) is 31.1 Å². The summed E-state index contributed by atoms with van der Waals surface area (Å²) in [4.78, 5) is 30.3. The molecular formula is C21H21ClN2O3. The molecule has 2 aromatic rings. The molecule has 0 bridgehead atoms. The van der Waals surface area contributed by atoms with Crippen LogP contribution in [0.2, 0.25) is 5.15 Å². The molecule has 0 spiro atoms. The second-order valence-electron chi connectivity index (χ2n) is 6.44. The molecule has 1 aliphatic heterocycles. The number of likely N-dealkylation sites (tertiary alicyclic amines) is 1. The van der Waals surface area contributed by atoms with E-state index < -0.39 is 0 Å². The van der Waals surface area contributed by atoms with Crippen LogP contribution in [0.5, 0.6) is 0 Å². The molecule has 6 heteroatoms. The number of ether oxygens (including phenoxy) is 1. The molecule has 5 nitrogen and oxygen atoms in total. The first-order chi connectivity index (χ1) is 13.1. The lowest BCUT2D eigenvalue weighted by Crippen LogP contribution is -2.39. The molecule has 1 aromatic carbocycles. The highest BCUT2D eigenvalue weighted by Gasteiger charge is 2.27. The fraction of sp³-hybridized carbons (Fsp3) is 0.286. The third-order valence-corrected chi connectivity index (χ3v) is 4.75.